The third-order valence-corrected chi connectivity index (χ3v) is 11.9. The molecule has 10 atom stereocenters. The summed E-state index contributed by atoms with van der Waals surface area (Å²) >= 11 is 0. The Balaban J connectivity index is 1.22. The number of hydrogen-bond donors (Lipinski definition) is 2. The molecule has 0 saturated heterocycles. The van der Waals surface area contributed by atoms with Crippen molar-refractivity contribution in [3.8, 4) is 0 Å². The molecular weight excluding hydrogens is 460 g/mol. The van der Waals surface area contributed by atoms with E-state index in [0.29, 0.717) is 48.5 Å². The summed E-state index contributed by atoms with van der Waals surface area (Å²) in [6, 6.07) is 10.2. The standard InChI is InChI=1S/C31H46N4O2/c1-20(9-14-29(37)33-19-21-7-5-4-6-8-21)25-12-13-26-24-11-10-22-17-23(34-35-32)15-16-30(22,2)27(24)18-28(36)31(25,26)3/h4-8,20,22-28,36H,9-19H2,1-3H3,(H,33,37)/t20-,22-,23?,24+,25-,26+,27+,28+,30+,31-/m1/s1. The number of benzene rings is 1. The zero-order valence-electron chi connectivity index (χ0n) is 23.0. The topological polar surface area (TPSA) is 98.1 Å². The lowest BCUT2D eigenvalue weighted by molar-refractivity contribution is -0.169. The van der Waals surface area contributed by atoms with Crippen molar-refractivity contribution >= 4 is 5.91 Å². The Morgan fingerprint density at radius 1 is 1.14 bits per heavy atom. The molecule has 6 heteroatoms. The number of aliphatic hydroxyl groups excluding tert-OH is 1. The first-order valence-electron chi connectivity index (χ1n) is 14.8. The van der Waals surface area contributed by atoms with Gasteiger partial charge in [-0.25, -0.2) is 0 Å². The molecule has 0 aromatic heterocycles. The van der Waals surface area contributed by atoms with Gasteiger partial charge in [-0.05, 0) is 115 Å². The fourth-order valence-corrected chi connectivity index (χ4v) is 9.78. The van der Waals surface area contributed by atoms with Crippen LogP contribution in [0.2, 0.25) is 0 Å². The molecule has 0 aliphatic heterocycles. The Morgan fingerprint density at radius 3 is 2.68 bits per heavy atom. The van der Waals surface area contributed by atoms with E-state index >= 15 is 0 Å². The number of fused-ring (bicyclic) bond motifs is 5. The average Bonchev–Trinajstić information content (AvgIpc) is 3.26. The van der Waals surface area contributed by atoms with E-state index in [0.717, 1.165) is 37.7 Å². The number of nitrogens with one attached hydrogen (secondary N) is 1. The van der Waals surface area contributed by atoms with Gasteiger partial charge in [-0.1, -0.05) is 56.2 Å². The second-order valence-electron chi connectivity index (χ2n) is 13.4. The summed E-state index contributed by atoms with van der Waals surface area (Å²) < 4.78 is 0. The highest BCUT2D eigenvalue weighted by Crippen LogP contribution is 2.68. The fourth-order valence-electron chi connectivity index (χ4n) is 9.78. The highest BCUT2D eigenvalue weighted by molar-refractivity contribution is 5.75. The van der Waals surface area contributed by atoms with Gasteiger partial charge in [-0.15, -0.1) is 0 Å². The molecule has 0 heterocycles. The van der Waals surface area contributed by atoms with Crippen LogP contribution in [0.1, 0.15) is 90.5 Å². The van der Waals surface area contributed by atoms with Crippen molar-refractivity contribution in [3.63, 3.8) is 0 Å². The molecule has 202 valence electrons. The van der Waals surface area contributed by atoms with Gasteiger partial charge in [0.1, 0.15) is 0 Å². The summed E-state index contributed by atoms with van der Waals surface area (Å²) in [5.74, 6) is 3.48. The molecule has 6 nitrogen and oxygen atoms in total. The number of aliphatic hydroxyl groups is 1. The first kappa shape index (κ1) is 26.6. The van der Waals surface area contributed by atoms with Crippen molar-refractivity contribution in [1.29, 1.82) is 0 Å². The van der Waals surface area contributed by atoms with E-state index in [-0.39, 0.29) is 28.9 Å². The summed E-state index contributed by atoms with van der Waals surface area (Å²) in [5, 5.41) is 18.9. The normalized spacial score (nSPS) is 41.5. The van der Waals surface area contributed by atoms with Gasteiger partial charge in [0.2, 0.25) is 5.91 Å². The molecule has 1 aromatic carbocycles. The van der Waals surface area contributed by atoms with E-state index in [9.17, 15) is 9.90 Å². The SMILES string of the molecule is C[C@H](CCC(=O)NCc1ccccc1)[C@H]1CC[C@H]2[C@@H]3CC[C@@H]4CC(N=[N+]=[N-])CC[C@]4(C)[C@H]3C[C@H](O)[C@]12C. The van der Waals surface area contributed by atoms with Crippen LogP contribution in [0.5, 0.6) is 0 Å². The first-order chi connectivity index (χ1) is 17.8. The molecule has 0 bridgehead atoms. The highest BCUT2D eigenvalue weighted by atomic mass is 16.3. The Hall–Kier alpha value is -2.04. The van der Waals surface area contributed by atoms with E-state index in [1.165, 1.54) is 25.7 Å². The Labute approximate surface area is 222 Å². The van der Waals surface area contributed by atoms with Gasteiger partial charge in [0.25, 0.3) is 0 Å². The van der Waals surface area contributed by atoms with E-state index in [2.05, 4.69) is 36.1 Å². The predicted octanol–water partition coefficient (Wildman–Crippen LogP) is 7.03. The molecule has 4 aliphatic rings. The molecule has 0 radical (unpaired) electrons. The number of carbonyl (C=O) groups is 1. The van der Waals surface area contributed by atoms with E-state index in [1.807, 2.05) is 30.3 Å². The van der Waals surface area contributed by atoms with Crippen LogP contribution < -0.4 is 5.32 Å². The maximum atomic E-state index is 12.6. The lowest BCUT2D eigenvalue weighted by Gasteiger charge is -2.62. The quantitative estimate of drug-likeness (QED) is 0.236. The lowest BCUT2D eigenvalue weighted by Crippen LogP contribution is -2.58. The first-order valence-corrected chi connectivity index (χ1v) is 14.8. The van der Waals surface area contributed by atoms with Crippen molar-refractivity contribution in [2.45, 2.75) is 104 Å². The lowest BCUT2D eigenvalue weighted by atomic mass is 9.43. The zero-order chi connectivity index (χ0) is 26.2. The van der Waals surface area contributed by atoms with Crippen LogP contribution in [0.3, 0.4) is 0 Å². The van der Waals surface area contributed by atoms with Gasteiger partial charge in [-0.3, -0.25) is 4.79 Å². The Kier molecular flexibility index (Phi) is 7.62. The van der Waals surface area contributed by atoms with E-state index in [4.69, 9.17) is 5.53 Å². The van der Waals surface area contributed by atoms with Gasteiger partial charge in [0.05, 0.1) is 6.10 Å². The van der Waals surface area contributed by atoms with Crippen LogP contribution in [0, 0.1) is 46.3 Å². The number of nitrogens with zero attached hydrogens (tertiary/aromatic N) is 3. The molecule has 2 N–H and O–H groups in total. The number of azide groups is 1. The number of carbonyl (C=O) groups excluding carboxylic acids is 1. The minimum atomic E-state index is -0.272. The number of hydrogen-bond acceptors (Lipinski definition) is 3. The Morgan fingerprint density at radius 2 is 1.92 bits per heavy atom. The molecular formula is C31H46N4O2. The van der Waals surface area contributed by atoms with Gasteiger partial charge < -0.3 is 10.4 Å². The molecule has 4 fully saturated rings. The van der Waals surface area contributed by atoms with Gasteiger partial charge in [0.15, 0.2) is 0 Å². The number of rotatable bonds is 7. The third kappa shape index (κ3) is 4.81. The molecule has 4 saturated carbocycles. The van der Waals surface area contributed by atoms with Crippen molar-refractivity contribution in [2.75, 3.05) is 0 Å². The molecule has 0 spiro atoms. The highest BCUT2D eigenvalue weighted by Gasteiger charge is 2.63. The smallest absolute Gasteiger partial charge is 0.220 e. The van der Waals surface area contributed by atoms with E-state index in [1.54, 1.807) is 0 Å². The fraction of sp³-hybridized carbons (Fsp3) is 0.774. The zero-order valence-corrected chi connectivity index (χ0v) is 23.0. The van der Waals surface area contributed by atoms with Crippen molar-refractivity contribution < 1.29 is 9.90 Å². The molecule has 5 rings (SSSR count). The van der Waals surface area contributed by atoms with Crippen LogP contribution in [-0.4, -0.2) is 23.2 Å². The second kappa shape index (κ2) is 10.6. The second-order valence-corrected chi connectivity index (χ2v) is 13.4. The van der Waals surface area contributed by atoms with Gasteiger partial charge >= 0.3 is 0 Å². The van der Waals surface area contributed by atoms with Crippen LogP contribution >= 0.6 is 0 Å². The van der Waals surface area contributed by atoms with E-state index < -0.39 is 0 Å². The van der Waals surface area contributed by atoms with Gasteiger partial charge in [-0.2, -0.15) is 0 Å². The van der Waals surface area contributed by atoms with Crippen LogP contribution in [-0.2, 0) is 11.3 Å². The average molecular weight is 507 g/mol. The van der Waals surface area contributed by atoms with Crippen molar-refractivity contribution in [2.24, 2.45) is 51.5 Å². The third-order valence-electron chi connectivity index (χ3n) is 11.9. The monoisotopic (exact) mass is 506 g/mol. The Bertz CT molecular complexity index is 1010. The summed E-state index contributed by atoms with van der Waals surface area (Å²) in [5.41, 5.74) is 10.3. The largest absolute Gasteiger partial charge is 0.393 e. The maximum absolute atomic E-state index is 12.6. The molecule has 4 aliphatic carbocycles. The molecule has 37 heavy (non-hydrogen) atoms. The van der Waals surface area contributed by atoms with Crippen molar-refractivity contribution in [3.05, 3.63) is 46.3 Å². The summed E-state index contributed by atoms with van der Waals surface area (Å²) in [6.45, 7) is 7.77. The minimum Gasteiger partial charge on any atom is -0.393 e. The maximum Gasteiger partial charge on any atom is 0.220 e. The van der Waals surface area contributed by atoms with Crippen LogP contribution in [0.15, 0.2) is 35.4 Å². The number of amides is 1. The summed E-state index contributed by atoms with van der Waals surface area (Å²) in [4.78, 5) is 15.7. The van der Waals surface area contributed by atoms with Crippen molar-refractivity contribution in [1.82, 2.24) is 5.32 Å². The predicted molar refractivity (Wildman–Crippen MR) is 146 cm³/mol. The van der Waals surface area contributed by atoms with Crippen LogP contribution in [0.4, 0.5) is 0 Å². The molecule has 1 unspecified atom stereocenters. The molecule has 1 aromatic rings. The minimum absolute atomic E-state index is 0.0490. The van der Waals surface area contributed by atoms with Crippen LogP contribution in [0.25, 0.3) is 10.4 Å². The summed E-state index contributed by atoms with van der Waals surface area (Å²) in [6.07, 6.45) is 10.1. The molecule has 1 amide bonds. The summed E-state index contributed by atoms with van der Waals surface area (Å²) in [7, 11) is 0. The van der Waals surface area contributed by atoms with Gasteiger partial charge in [0, 0.05) is 23.9 Å².